The second kappa shape index (κ2) is 9.52. The van der Waals surface area contributed by atoms with E-state index >= 15 is 0 Å². The molecule has 1 amide bonds. The van der Waals surface area contributed by atoms with Gasteiger partial charge in [-0.3, -0.25) is 15.6 Å². The fourth-order valence-electron chi connectivity index (χ4n) is 4.69. The van der Waals surface area contributed by atoms with Crippen LogP contribution in [0.3, 0.4) is 0 Å². The topological polar surface area (TPSA) is 53.2 Å². The molecule has 1 aliphatic heterocycles. The molecule has 1 aromatic rings. The predicted molar refractivity (Wildman–Crippen MR) is 106 cm³/mol. The average molecular weight is 358 g/mol. The number of nitrogens with one attached hydrogen (secondary N) is 3. The van der Waals surface area contributed by atoms with Gasteiger partial charge >= 0.3 is 0 Å². The number of carbonyl (C=O) groups excluding carboxylic acids is 1. The van der Waals surface area contributed by atoms with Crippen LogP contribution in [0.2, 0.25) is 0 Å². The molecule has 144 valence electrons. The van der Waals surface area contributed by atoms with Crippen LogP contribution in [0, 0.1) is 11.8 Å². The van der Waals surface area contributed by atoms with Crippen molar-refractivity contribution in [2.24, 2.45) is 11.8 Å². The third-order valence-electron chi connectivity index (χ3n) is 6.36. The Bertz CT molecular complexity index is 546. The third-order valence-corrected chi connectivity index (χ3v) is 6.36. The van der Waals surface area contributed by atoms with Crippen LogP contribution in [0.4, 0.5) is 0 Å². The van der Waals surface area contributed by atoms with Crippen LogP contribution < -0.4 is 16.2 Å². The van der Waals surface area contributed by atoms with E-state index in [0.717, 1.165) is 18.8 Å². The van der Waals surface area contributed by atoms with E-state index in [-0.39, 0.29) is 11.9 Å². The molecule has 26 heavy (non-hydrogen) atoms. The maximum absolute atomic E-state index is 12.7. The highest BCUT2D eigenvalue weighted by molar-refractivity contribution is 5.76. The predicted octanol–water partition coefficient (Wildman–Crippen LogP) is 4.10. The molecule has 3 atom stereocenters. The molecule has 1 heterocycles. The van der Waals surface area contributed by atoms with Gasteiger partial charge in [-0.25, -0.2) is 0 Å². The van der Waals surface area contributed by atoms with Crippen molar-refractivity contribution >= 4 is 5.91 Å². The van der Waals surface area contributed by atoms with Gasteiger partial charge in [-0.15, -0.1) is 0 Å². The molecule has 1 saturated carbocycles. The monoisotopic (exact) mass is 357 g/mol. The summed E-state index contributed by atoms with van der Waals surface area (Å²) < 4.78 is 0. The minimum absolute atomic E-state index is 0.154. The number of rotatable bonds is 7. The van der Waals surface area contributed by atoms with Gasteiger partial charge in [0, 0.05) is 18.5 Å². The summed E-state index contributed by atoms with van der Waals surface area (Å²) in [5, 5.41) is 3.35. The van der Waals surface area contributed by atoms with Gasteiger partial charge in [0.25, 0.3) is 0 Å². The second-order valence-corrected chi connectivity index (χ2v) is 8.34. The highest BCUT2D eigenvalue weighted by Crippen LogP contribution is 2.32. The van der Waals surface area contributed by atoms with E-state index in [0.29, 0.717) is 24.4 Å². The first-order chi connectivity index (χ1) is 12.6. The van der Waals surface area contributed by atoms with Crippen LogP contribution in [-0.2, 0) is 4.79 Å². The second-order valence-electron chi connectivity index (χ2n) is 8.34. The Labute approximate surface area is 158 Å². The highest BCUT2D eigenvalue weighted by Gasteiger charge is 2.30. The summed E-state index contributed by atoms with van der Waals surface area (Å²) in [4.78, 5) is 12.7. The van der Waals surface area contributed by atoms with Crippen molar-refractivity contribution in [2.45, 2.75) is 83.3 Å². The Morgan fingerprint density at radius 2 is 1.73 bits per heavy atom. The number of hydrogen-bond donors (Lipinski definition) is 3. The first kappa shape index (κ1) is 19.4. The molecular formula is C22H35N3O. The summed E-state index contributed by atoms with van der Waals surface area (Å²) in [5.41, 5.74) is 7.81. The molecule has 4 heteroatoms. The molecule has 0 bridgehead atoms. The van der Waals surface area contributed by atoms with Crippen molar-refractivity contribution in [1.29, 1.82) is 0 Å². The number of amides is 1. The summed E-state index contributed by atoms with van der Waals surface area (Å²) in [6, 6.07) is 11.5. The summed E-state index contributed by atoms with van der Waals surface area (Å²) in [6.07, 6.45) is 9.31. The standard InChI is InChI=1S/C22H35N3O/c1-16-20(17(2)25-24-16)13-14-22(26)23-21(19-11-7-4-8-12-19)15-18-9-5-3-6-10-18/h4,7-8,11-12,16-18,20-21,24-25H,3,5-6,9-10,13-15H2,1-2H3,(H,23,26). The lowest BCUT2D eigenvalue weighted by molar-refractivity contribution is -0.122. The quantitative estimate of drug-likeness (QED) is 0.689. The number of carbonyl (C=O) groups is 1. The van der Waals surface area contributed by atoms with Gasteiger partial charge in [0.2, 0.25) is 5.91 Å². The molecule has 1 aromatic carbocycles. The van der Waals surface area contributed by atoms with E-state index < -0.39 is 0 Å². The zero-order valence-corrected chi connectivity index (χ0v) is 16.3. The zero-order chi connectivity index (χ0) is 18.4. The average Bonchev–Trinajstić information content (AvgIpc) is 2.99. The lowest BCUT2D eigenvalue weighted by Gasteiger charge is -2.28. The first-order valence-corrected chi connectivity index (χ1v) is 10.5. The minimum Gasteiger partial charge on any atom is -0.349 e. The molecule has 4 nitrogen and oxygen atoms in total. The van der Waals surface area contributed by atoms with Crippen LogP contribution >= 0.6 is 0 Å². The van der Waals surface area contributed by atoms with E-state index in [9.17, 15) is 4.79 Å². The fourth-order valence-corrected chi connectivity index (χ4v) is 4.69. The van der Waals surface area contributed by atoms with Crippen molar-refractivity contribution < 1.29 is 4.79 Å². The van der Waals surface area contributed by atoms with Crippen molar-refractivity contribution in [1.82, 2.24) is 16.2 Å². The van der Waals surface area contributed by atoms with Gasteiger partial charge in [-0.05, 0) is 44.1 Å². The van der Waals surface area contributed by atoms with Crippen molar-refractivity contribution in [3.63, 3.8) is 0 Å². The lowest BCUT2D eigenvalue weighted by atomic mass is 9.83. The van der Waals surface area contributed by atoms with Gasteiger partial charge < -0.3 is 5.32 Å². The summed E-state index contributed by atoms with van der Waals surface area (Å²) >= 11 is 0. The fraction of sp³-hybridized carbons (Fsp3) is 0.682. The van der Waals surface area contributed by atoms with Gasteiger partial charge in [0.05, 0.1) is 6.04 Å². The SMILES string of the molecule is CC1NNC(C)C1CCC(=O)NC(CC1CCCCC1)c1ccccc1. The number of hydrazine groups is 1. The van der Waals surface area contributed by atoms with Crippen LogP contribution in [0.1, 0.15) is 76.8 Å². The molecule has 0 aromatic heterocycles. The highest BCUT2D eigenvalue weighted by atomic mass is 16.1. The molecule has 3 N–H and O–H groups in total. The smallest absolute Gasteiger partial charge is 0.220 e. The Hall–Kier alpha value is -1.39. The maximum Gasteiger partial charge on any atom is 0.220 e. The van der Waals surface area contributed by atoms with Crippen LogP contribution in [-0.4, -0.2) is 18.0 Å². The van der Waals surface area contributed by atoms with Crippen molar-refractivity contribution in [3.05, 3.63) is 35.9 Å². The summed E-state index contributed by atoms with van der Waals surface area (Å²) in [7, 11) is 0. The van der Waals surface area contributed by atoms with Crippen molar-refractivity contribution in [3.8, 4) is 0 Å². The summed E-state index contributed by atoms with van der Waals surface area (Å²) in [6.45, 7) is 4.38. The largest absolute Gasteiger partial charge is 0.349 e. The Morgan fingerprint density at radius 1 is 1.08 bits per heavy atom. The van der Waals surface area contributed by atoms with E-state index in [1.807, 2.05) is 6.07 Å². The summed E-state index contributed by atoms with van der Waals surface area (Å²) in [5.74, 6) is 1.45. The Balaban J connectivity index is 1.56. The van der Waals surface area contributed by atoms with E-state index in [4.69, 9.17) is 0 Å². The van der Waals surface area contributed by atoms with E-state index in [1.54, 1.807) is 0 Å². The van der Waals surface area contributed by atoms with Gasteiger partial charge in [0.15, 0.2) is 0 Å². The lowest BCUT2D eigenvalue weighted by Crippen LogP contribution is -2.32. The van der Waals surface area contributed by atoms with Crippen LogP contribution in [0.25, 0.3) is 0 Å². The Morgan fingerprint density at radius 3 is 2.38 bits per heavy atom. The zero-order valence-electron chi connectivity index (χ0n) is 16.3. The van der Waals surface area contributed by atoms with Crippen LogP contribution in [0.15, 0.2) is 30.3 Å². The number of hydrogen-bond acceptors (Lipinski definition) is 3. The van der Waals surface area contributed by atoms with Crippen LogP contribution in [0.5, 0.6) is 0 Å². The molecular weight excluding hydrogens is 322 g/mol. The molecule has 3 unspecified atom stereocenters. The maximum atomic E-state index is 12.7. The van der Waals surface area contributed by atoms with E-state index in [2.05, 4.69) is 54.3 Å². The molecule has 3 rings (SSSR count). The minimum atomic E-state index is 0.154. The van der Waals surface area contributed by atoms with Gasteiger partial charge in [-0.2, -0.15) is 0 Å². The molecule has 1 saturated heterocycles. The van der Waals surface area contributed by atoms with Gasteiger partial charge in [-0.1, -0.05) is 62.4 Å². The van der Waals surface area contributed by atoms with E-state index in [1.165, 1.54) is 37.7 Å². The Kier molecular flexibility index (Phi) is 7.09. The normalized spacial score (nSPS) is 28.0. The molecule has 0 radical (unpaired) electrons. The molecule has 2 aliphatic rings. The molecule has 0 spiro atoms. The first-order valence-electron chi connectivity index (χ1n) is 10.5. The third kappa shape index (κ3) is 5.31. The molecule has 1 aliphatic carbocycles. The van der Waals surface area contributed by atoms with Crippen molar-refractivity contribution in [2.75, 3.05) is 0 Å². The molecule has 2 fully saturated rings. The van der Waals surface area contributed by atoms with Gasteiger partial charge in [0.1, 0.15) is 0 Å². The number of benzene rings is 1.